The van der Waals surface area contributed by atoms with Crippen LogP contribution in [0.1, 0.15) is 19.3 Å². The van der Waals surface area contributed by atoms with Gasteiger partial charge in [0.1, 0.15) is 12.7 Å². The molecular formula is C15H22N2O2. The van der Waals surface area contributed by atoms with Crippen molar-refractivity contribution in [3.8, 4) is 11.5 Å². The Hall–Kier alpha value is -1.26. The smallest absolute Gasteiger partial charge is 0.161 e. The Kier molecular flexibility index (Phi) is 3.89. The summed E-state index contributed by atoms with van der Waals surface area (Å²) in [7, 11) is 0. The summed E-state index contributed by atoms with van der Waals surface area (Å²) in [4.78, 5) is 0. The fourth-order valence-electron chi connectivity index (χ4n) is 3.03. The number of hydrogen-bond donors (Lipinski definition) is 2. The molecule has 0 spiro atoms. The van der Waals surface area contributed by atoms with E-state index in [0.717, 1.165) is 24.6 Å². The second kappa shape index (κ2) is 5.80. The van der Waals surface area contributed by atoms with Gasteiger partial charge in [0.15, 0.2) is 11.5 Å². The number of nitrogens with two attached hydrogens (primary N) is 1. The van der Waals surface area contributed by atoms with Crippen molar-refractivity contribution in [2.75, 3.05) is 19.7 Å². The fraction of sp³-hybridized carbons (Fsp3) is 0.600. The molecule has 104 valence electrons. The maximum atomic E-state index is 5.94. The number of rotatable bonds is 4. The van der Waals surface area contributed by atoms with Crippen LogP contribution in [0.25, 0.3) is 0 Å². The Balaban J connectivity index is 1.52. The zero-order chi connectivity index (χ0) is 13.1. The standard InChI is InChI=1S/C15H22N2O2/c16-8-11-4-3-5-13(11)17-9-12-10-18-14-6-1-2-7-15(14)19-12/h1-2,6-7,11-13,17H,3-5,8-10,16H2. The van der Waals surface area contributed by atoms with Crippen molar-refractivity contribution >= 4 is 0 Å². The molecule has 2 aliphatic rings. The van der Waals surface area contributed by atoms with Crippen LogP contribution < -0.4 is 20.5 Å². The minimum atomic E-state index is 0.0916. The van der Waals surface area contributed by atoms with E-state index in [-0.39, 0.29) is 6.10 Å². The third-order valence-corrected chi connectivity index (χ3v) is 4.14. The van der Waals surface area contributed by atoms with Crippen LogP contribution in [0.15, 0.2) is 24.3 Å². The molecular weight excluding hydrogens is 240 g/mol. The van der Waals surface area contributed by atoms with Gasteiger partial charge in [0, 0.05) is 12.6 Å². The predicted molar refractivity (Wildman–Crippen MR) is 74.5 cm³/mol. The average molecular weight is 262 g/mol. The average Bonchev–Trinajstić information content (AvgIpc) is 2.92. The van der Waals surface area contributed by atoms with Crippen molar-refractivity contribution in [2.45, 2.75) is 31.4 Å². The molecule has 0 saturated heterocycles. The summed E-state index contributed by atoms with van der Waals surface area (Å²) in [5, 5.41) is 3.60. The van der Waals surface area contributed by atoms with Gasteiger partial charge in [-0.15, -0.1) is 0 Å². The van der Waals surface area contributed by atoms with Gasteiger partial charge in [-0.25, -0.2) is 0 Å². The van der Waals surface area contributed by atoms with E-state index in [9.17, 15) is 0 Å². The monoisotopic (exact) mass is 262 g/mol. The Morgan fingerprint density at radius 2 is 2.05 bits per heavy atom. The minimum Gasteiger partial charge on any atom is -0.486 e. The van der Waals surface area contributed by atoms with E-state index < -0.39 is 0 Å². The topological polar surface area (TPSA) is 56.5 Å². The van der Waals surface area contributed by atoms with E-state index in [1.165, 1.54) is 19.3 Å². The van der Waals surface area contributed by atoms with Crippen LogP contribution >= 0.6 is 0 Å². The van der Waals surface area contributed by atoms with Gasteiger partial charge in [-0.05, 0) is 37.4 Å². The Morgan fingerprint density at radius 1 is 1.21 bits per heavy atom. The van der Waals surface area contributed by atoms with Gasteiger partial charge in [0.2, 0.25) is 0 Å². The van der Waals surface area contributed by atoms with Gasteiger partial charge < -0.3 is 20.5 Å². The molecule has 0 bridgehead atoms. The molecule has 4 nitrogen and oxygen atoms in total. The Bertz CT molecular complexity index is 424. The van der Waals surface area contributed by atoms with Crippen LogP contribution in [0, 0.1) is 5.92 Å². The van der Waals surface area contributed by atoms with Gasteiger partial charge in [0.25, 0.3) is 0 Å². The number of hydrogen-bond acceptors (Lipinski definition) is 4. The van der Waals surface area contributed by atoms with Crippen molar-refractivity contribution in [3.63, 3.8) is 0 Å². The highest BCUT2D eigenvalue weighted by Crippen LogP contribution is 2.31. The molecule has 3 atom stereocenters. The number of ether oxygens (including phenoxy) is 2. The maximum absolute atomic E-state index is 5.94. The predicted octanol–water partition coefficient (Wildman–Crippen LogP) is 1.54. The molecule has 1 saturated carbocycles. The molecule has 4 heteroatoms. The number of fused-ring (bicyclic) bond motifs is 1. The lowest BCUT2D eigenvalue weighted by Gasteiger charge is -2.28. The first-order chi connectivity index (χ1) is 9.36. The van der Waals surface area contributed by atoms with Gasteiger partial charge in [-0.1, -0.05) is 18.6 Å². The van der Waals surface area contributed by atoms with Crippen LogP contribution in [-0.4, -0.2) is 31.8 Å². The summed E-state index contributed by atoms with van der Waals surface area (Å²) in [5.74, 6) is 2.32. The van der Waals surface area contributed by atoms with Gasteiger partial charge in [-0.2, -0.15) is 0 Å². The summed E-state index contributed by atoms with van der Waals surface area (Å²) in [6, 6.07) is 8.39. The summed E-state index contributed by atoms with van der Waals surface area (Å²) in [5.41, 5.74) is 5.80. The van der Waals surface area contributed by atoms with Crippen molar-refractivity contribution in [2.24, 2.45) is 11.7 Å². The molecule has 1 heterocycles. The molecule has 0 aromatic heterocycles. The van der Waals surface area contributed by atoms with Gasteiger partial charge in [0.05, 0.1) is 0 Å². The lowest BCUT2D eigenvalue weighted by Crippen LogP contribution is -2.44. The lowest BCUT2D eigenvalue weighted by atomic mass is 10.0. The van der Waals surface area contributed by atoms with Gasteiger partial charge in [-0.3, -0.25) is 0 Å². The summed E-state index contributed by atoms with van der Waals surface area (Å²) in [6.07, 6.45) is 3.85. The second-order valence-electron chi connectivity index (χ2n) is 5.44. The van der Waals surface area contributed by atoms with Crippen molar-refractivity contribution in [3.05, 3.63) is 24.3 Å². The first-order valence-electron chi connectivity index (χ1n) is 7.19. The van der Waals surface area contributed by atoms with Crippen LogP contribution in [0.5, 0.6) is 11.5 Å². The minimum absolute atomic E-state index is 0.0916. The van der Waals surface area contributed by atoms with Gasteiger partial charge >= 0.3 is 0 Å². The molecule has 1 fully saturated rings. The van der Waals surface area contributed by atoms with E-state index in [1.807, 2.05) is 24.3 Å². The number of benzene rings is 1. The third kappa shape index (κ3) is 2.85. The van der Waals surface area contributed by atoms with E-state index in [1.54, 1.807) is 0 Å². The van der Waals surface area contributed by atoms with Crippen LogP contribution in [0.3, 0.4) is 0 Å². The molecule has 3 rings (SSSR count). The maximum Gasteiger partial charge on any atom is 0.161 e. The first-order valence-corrected chi connectivity index (χ1v) is 7.19. The number of nitrogens with one attached hydrogen (secondary N) is 1. The molecule has 1 aliphatic heterocycles. The molecule has 0 amide bonds. The SMILES string of the molecule is NCC1CCCC1NCC1COc2ccccc2O1. The van der Waals surface area contributed by atoms with Crippen molar-refractivity contribution in [1.29, 1.82) is 0 Å². The molecule has 19 heavy (non-hydrogen) atoms. The normalized spacial score (nSPS) is 29.4. The van der Waals surface area contributed by atoms with E-state index >= 15 is 0 Å². The molecule has 1 aromatic carbocycles. The summed E-state index contributed by atoms with van der Waals surface area (Å²) >= 11 is 0. The Labute approximate surface area is 114 Å². The third-order valence-electron chi connectivity index (χ3n) is 4.14. The fourth-order valence-corrected chi connectivity index (χ4v) is 3.03. The molecule has 3 N–H and O–H groups in total. The lowest BCUT2D eigenvalue weighted by molar-refractivity contribution is 0.0870. The zero-order valence-corrected chi connectivity index (χ0v) is 11.2. The van der Waals surface area contributed by atoms with Crippen LogP contribution in [0.4, 0.5) is 0 Å². The molecule has 1 aliphatic carbocycles. The summed E-state index contributed by atoms with van der Waals surface area (Å²) in [6.45, 7) is 2.22. The van der Waals surface area contributed by atoms with E-state index in [2.05, 4.69) is 5.32 Å². The van der Waals surface area contributed by atoms with Crippen LogP contribution in [0.2, 0.25) is 0 Å². The first kappa shape index (κ1) is 12.8. The molecule has 1 aromatic rings. The van der Waals surface area contributed by atoms with E-state index in [0.29, 0.717) is 18.6 Å². The zero-order valence-electron chi connectivity index (χ0n) is 11.2. The quantitative estimate of drug-likeness (QED) is 0.864. The second-order valence-corrected chi connectivity index (χ2v) is 5.44. The highest BCUT2D eigenvalue weighted by molar-refractivity contribution is 5.40. The highest BCUT2D eigenvalue weighted by Gasteiger charge is 2.27. The van der Waals surface area contributed by atoms with E-state index in [4.69, 9.17) is 15.2 Å². The van der Waals surface area contributed by atoms with Crippen LogP contribution in [-0.2, 0) is 0 Å². The number of para-hydroxylation sites is 2. The molecule has 0 radical (unpaired) electrons. The Morgan fingerprint density at radius 3 is 2.89 bits per heavy atom. The van der Waals surface area contributed by atoms with Crippen molar-refractivity contribution < 1.29 is 9.47 Å². The summed E-state index contributed by atoms with van der Waals surface area (Å²) < 4.78 is 11.7. The largest absolute Gasteiger partial charge is 0.486 e. The molecule has 3 unspecified atom stereocenters. The highest BCUT2D eigenvalue weighted by atomic mass is 16.6. The van der Waals surface area contributed by atoms with Crippen molar-refractivity contribution in [1.82, 2.24) is 5.32 Å².